The minimum absolute atomic E-state index is 0.184. The molecule has 1 N–H and O–H groups in total. The standard InChI is InChI=1S/C12H18N2O2/c1-8(2)10-6-13-14(7-10)11-4-3-9(5-11)12(15)16/h6-9,11H,3-5H2,1-2H3,(H,15,16). The fourth-order valence-corrected chi connectivity index (χ4v) is 2.27. The highest BCUT2D eigenvalue weighted by Crippen LogP contribution is 2.34. The molecular formula is C12H18N2O2. The Balaban J connectivity index is 2.06. The van der Waals surface area contributed by atoms with Gasteiger partial charge in [0.15, 0.2) is 0 Å². The Hall–Kier alpha value is -1.32. The molecule has 4 nitrogen and oxygen atoms in total. The first kappa shape index (κ1) is 11.2. The quantitative estimate of drug-likeness (QED) is 0.854. The van der Waals surface area contributed by atoms with Crippen LogP contribution in [0.1, 0.15) is 50.6 Å². The molecule has 0 spiro atoms. The lowest BCUT2D eigenvalue weighted by Gasteiger charge is -2.09. The topological polar surface area (TPSA) is 55.1 Å². The van der Waals surface area contributed by atoms with E-state index >= 15 is 0 Å². The van der Waals surface area contributed by atoms with Crippen LogP contribution in [0.4, 0.5) is 0 Å². The Morgan fingerprint density at radius 3 is 2.81 bits per heavy atom. The van der Waals surface area contributed by atoms with Gasteiger partial charge in [0.25, 0.3) is 0 Å². The van der Waals surface area contributed by atoms with Crippen molar-refractivity contribution in [3.05, 3.63) is 18.0 Å². The second-order valence-electron chi connectivity index (χ2n) is 4.91. The molecule has 1 aliphatic rings. The summed E-state index contributed by atoms with van der Waals surface area (Å²) in [5, 5.41) is 13.3. The number of nitrogens with zero attached hydrogens (tertiary/aromatic N) is 2. The van der Waals surface area contributed by atoms with Crippen molar-refractivity contribution < 1.29 is 9.90 Å². The molecule has 0 aliphatic heterocycles. The summed E-state index contributed by atoms with van der Waals surface area (Å²) in [5.41, 5.74) is 1.22. The van der Waals surface area contributed by atoms with Crippen molar-refractivity contribution in [2.45, 2.75) is 45.1 Å². The van der Waals surface area contributed by atoms with Crippen molar-refractivity contribution in [1.82, 2.24) is 9.78 Å². The van der Waals surface area contributed by atoms with Crippen LogP contribution in [-0.2, 0) is 4.79 Å². The van der Waals surface area contributed by atoms with Crippen LogP contribution in [0, 0.1) is 5.92 Å². The monoisotopic (exact) mass is 222 g/mol. The molecule has 0 amide bonds. The first-order valence-corrected chi connectivity index (χ1v) is 5.84. The molecule has 88 valence electrons. The van der Waals surface area contributed by atoms with Gasteiger partial charge in [-0.25, -0.2) is 0 Å². The summed E-state index contributed by atoms with van der Waals surface area (Å²) in [5.74, 6) is -0.374. The summed E-state index contributed by atoms with van der Waals surface area (Å²) in [4.78, 5) is 10.9. The van der Waals surface area contributed by atoms with Gasteiger partial charge in [-0.15, -0.1) is 0 Å². The maximum absolute atomic E-state index is 10.9. The van der Waals surface area contributed by atoms with Crippen molar-refractivity contribution in [1.29, 1.82) is 0 Å². The van der Waals surface area contributed by atoms with E-state index in [1.54, 1.807) is 0 Å². The second-order valence-corrected chi connectivity index (χ2v) is 4.91. The van der Waals surface area contributed by atoms with Crippen LogP contribution in [0.5, 0.6) is 0 Å². The Morgan fingerprint density at radius 1 is 1.56 bits per heavy atom. The molecule has 1 aliphatic carbocycles. The number of carboxylic acid groups (broad SMARTS) is 1. The van der Waals surface area contributed by atoms with E-state index in [2.05, 4.69) is 25.1 Å². The van der Waals surface area contributed by atoms with Crippen LogP contribution in [0.2, 0.25) is 0 Å². The van der Waals surface area contributed by atoms with Crippen LogP contribution < -0.4 is 0 Å². The van der Waals surface area contributed by atoms with Gasteiger partial charge >= 0.3 is 5.97 Å². The van der Waals surface area contributed by atoms with E-state index in [-0.39, 0.29) is 12.0 Å². The molecule has 1 heterocycles. The fraction of sp³-hybridized carbons (Fsp3) is 0.667. The number of carbonyl (C=O) groups is 1. The van der Waals surface area contributed by atoms with E-state index in [0.717, 1.165) is 12.8 Å². The lowest BCUT2D eigenvalue weighted by Crippen LogP contribution is -2.11. The third-order valence-corrected chi connectivity index (χ3v) is 3.42. The summed E-state index contributed by atoms with van der Waals surface area (Å²) in [6, 6.07) is 0.272. The lowest BCUT2D eigenvalue weighted by atomic mass is 10.1. The first-order chi connectivity index (χ1) is 7.58. The van der Waals surface area contributed by atoms with Crippen LogP contribution in [0.3, 0.4) is 0 Å². The summed E-state index contributed by atoms with van der Waals surface area (Å²) in [6.07, 6.45) is 6.36. The number of aliphatic carboxylic acids is 1. The Bertz CT molecular complexity index is 384. The maximum Gasteiger partial charge on any atom is 0.306 e. The molecule has 1 fully saturated rings. The van der Waals surface area contributed by atoms with Crippen LogP contribution in [0.15, 0.2) is 12.4 Å². The number of aromatic nitrogens is 2. The molecule has 4 heteroatoms. The average molecular weight is 222 g/mol. The van der Waals surface area contributed by atoms with Gasteiger partial charge in [0.2, 0.25) is 0 Å². The Kier molecular flexibility index (Phi) is 2.99. The Morgan fingerprint density at radius 2 is 2.31 bits per heavy atom. The number of rotatable bonds is 3. The lowest BCUT2D eigenvalue weighted by molar-refractivity contribution is -0.141. The van der Waals surface area contributed by atoms with Crippen molar-refractivity contribution >= 4 is 5.97 Å². The molecule has 1 saturated carbocycles. The highest BCUT2D eigenvalue weighted by molar-refractivity contribution is 5.70. The minimum atomic E-state index is -0.668. The van der Waals surface area contributed by atoms with Gasteiger partial charge in [0, 0.05) is 6.20 Å². The summed E-state index contributed by atoms with van der Waals surface area (Å²) in [7, 11) is 0. The fourth-order valence-electron chi connectivity index (χ4n) is 2.27. The molecule has 0 radical (unpaired) electrons. The van der Waals surface area contributed by atoms with E-state index in [4.69, 9.17) is 5.11 Å². The smallest absolute Gasteiger partial charge is 0.306 e. The molecule has 2 unspecified atom stereocenters. The van der Waals surface area contributed by atoms with Crippen LogP contribution >= 0.6 is 0 Å². The van der Waals surface area contributed by atoms with E-state index in [1.165, 1.54) is 5.56 Å². The summed E-state index contributed by atoms with van der Waals surface area (Å²) >= 11 is 0. The molecule has 2 rings (SSSR count). The minimum Gasteiger partial charge on any atom is -0.481 e. The summed E-state index contributed by atoms with van der Waals surface area (Å²) < 4.78 is 1.94. The molecule has 0 aromatic carbocycles. The maximum atomic E-state index is 10.9. The van der Waals surface area contributed by atoms with E-state index in [0.29, 0.717) is 12.3 Å². The van der Waals surface area contributed by atoms with Crippen molar-refractivity contribution in [2.24, 2.45) is 5.92 Å². The number of hydrogen-bond acceptors (Lipinski definition) is 2. The van der Waals surface area contributed by atoms with Gasteiger partial charge < -0.3 is 5.11 Å². The number of hydrogen-bond donors (Lipinski definition) is 1. The predicted octanol–water partition coefficient (Wildman–Crippen LogP) is 2.43. The third kappa shape index (κ3) is 2.10. The van der Waals surface area contributed by atoms with Crippen molar-refractivity contribution in [3.63, 3.8) is 0 Å². The molecule has 0 bridgehead atoms. The molecule has 16 heavy (non-hydrogen) atoms. The van der Waals surface area contributed by atoms with Gasteiger partial charge in [-0.2, -0.15) is 5.10 Å². The summed E-state index contributed by atoms with van der Waals surface area (Å²) in [6.45, 7) is 4.27. The average Bonchev–Trinajstić information content (AvgIpc) is 2.86. The normalized spacial score (nSPS) is 25.2. The highest BCUT2D eigenvalue weighted by atomic mass is 16.4. The van der Waals surface area contributed by atoms with Gasteiger partial charge in [-0.1, -0.05) is 13.8 Å². The zero-order valence-electron chi connectivity index (χ0n) is 9.76. The van der Waals surface area contributed by atoms with E-state index in [9.17, 15) is 4.79 Å². The van der Waals surface area contributed by atoms with Gasteiger partial charge in [0.1, 0.15) is 0 Å². The van der Waals surface area contributed by atoms with Crippen molar-refractivity contribution in [3.8, 4) is 0 Å². The van der Waals surface area contributed by atoms with Crippen LogP contribution in [0.25, 0.3) is 0 Å². The molecule has 2 atom stereocenters. The van der Waals surface area contributed by atoms with Gasteiger partial charge in [0.05, 0.1) is 18.2 Å². The van der Waals surface area contributed by atoms with E-state index < -0.39 is 5.97 Å². The molecule has 1 aromatic rings. The second kappa shape index (κ2) is 4.28. The molecule has 0 saturated heterocycles. The Labute approximate surface area is 95.3 Å². The zero-order chi connectivity index (χ0) is 11.7. The predicted molar refractivity (Wildman–Crippen MR) is 60.3 cm³/mol. The third-order valence-electron chi connectivity index (χ3n) is 3.42. The van der Waals surface area contributed by atoms with Gasteiger partial charge in [-0.3, -0.25) is 9.48 Å². The number of carboxylic acids is 1. The zero-order valence-corrected chi connectivity index (χ0v) is 9.76. The van der Waals surface area contributed by atoms with Crippen molar-refractivity contribution in [2.75, 3.05) is 0 Å². The highest BCUT2D eigenvalue weighted by Gasteiger charge is 2.31. The largest absolute Gasteiger partial charge is 0.481 e. The molecule has 1 aromatic heterocycles. The first-order valence-electron chi connectivity index (χ1n) is 5.84. The SMILES string of the molecule is CC(C)c1cnn(C2CCC(C(=O)O)C2)c1. The van der Waals surface area contributed by atoms with Crippen LogP contribution in [-0.4, -0.2) is 20.9 Å². The molecular weight excluding hydrogens is 204 g/mol. The van der Waals surface area contributed by atoms with E-state index in [1.807, 2.05) is 10.9 Å². The van der Waals surface area contributed by atoms with Gasteiger partial charge in [-0.05, 0) is 30.7 Å².